The van der Waals surface area contributed by atoms with E-state index in [1.54, 1.807) is 9.80 Å². The van der Waals surface area contributed by atoms with E-state index in [9.17, 15) is 19.2 Å². The van der Waals surface area contributed by atoms with Gasteiger partial charge in [0, 0.05) is 65.4 Å². The molecule has 2 aliphatic heterocycles. The van der Waals surface area contributed by atoms with Crippen LogP contribution < -0.4 is 10.6 Å². The second-order valence-electron chi connectivity index (χ2n) is 15.8. The molecule has 316 valence electrons. The molecule has 12 nitrogen and oxygen atoms in total. The van der Waals surface area contributed by atoms with Crippen molar-refractivity contribution >= 4 is 23.6 Å². The first-order valence-corrected chi connectivity index (χ1v) is 21.4. The maximum absolute atomic E-state index is 12.5. The summed E-state index contributed by atoms with van der Waals surface area (Å²) in [7, 11) is 0. The smallest absolute Gasteiger partial charge is 0.242 e. The molecule has 0 aromatic carbocycles. The minimum atomic E-state index is -0.284. The molecule has 4 amide bonds. The van der Waals surface area contributed by atoms with Crippen molar-refractivity contribution < 1.29 is 38.1 Å². The zero-order valence-corrected chi connectivity index (χ0v) is 35.6. The summed E-state index contributed by atoms with van der Waals surface area (Å²) in [5.74, 6) is 0.220. The summed E-state index contributed by atoms with van der Waals surface area (Å²) in [6.07, 6.45) is 14.8. The summed E-state index contributed by atoms with van der Waals surface area (Å²) < 4.78 is 22.0. The first kappa shape index (κ1) is 49.7. The largest absolute Gasteiger partial charge is 0.379 e. The first-order chi connectivity index (χ1) is 25.8. The molecular formula is C42H80N4O8. The van der Waals surface area contributed by atoms with Crippen molar-refractivity contribution in [3.8, 4) is 0 Å². The van der Waals surface area contributed by atoms with E-state index in [0.717, 1.165) is 116 Å². The van der Waals surface area contributed by atoms with Crippen LogP contribution in [0, 0.1) is 0 Å². The number of rotatable bonds is 28. The first-order valence-electron chi connectivity index (χ1n) is 21.4. The van der Waals surface area contributed by atoms with Crippen molar-refractivity contribution in [3.63, 3.8) is 0 Å². The van der Waals surface area contributed by atoms with E-state index in [-0.39, 0.29) is 60.1 Å². The molecule has 2 saturated heterocycles. The van der Waals surface area contributed by atoms with Crippen LogP contribution in [0.5, 0.6) is 0 Å². The molecular weight excluding hydrogens is 688 g/mol. The van der Waals surface area contributed by atoms with E-state index in [0.29, 0.717) is 39.0 Å². The second kappa shape index (κ2) is 30.9. The average molecular weight is 769 g/mol. The van der Waals surface area contributed by atoms with Gasteiger partial charge in [-0.2, -0.15) is 0 Å². The third-order valence-corrected chi connectivity index (χ3v) is 9.37. The summed E-state index contributed by atoms with van der Waals surface area (Å²) in [4.78, 5) is 53.4. The predicted molar refractivity (Wildman–Crippen MR) is 215 cm³/mol. The highest BCUT2D eigenvalue weighted by atomic mass is 16.5. The molecule has 0 aromatic heterocycles. The summed E-state index contributed by atoms with van der Waals surface area (Å²) in [5, 5.41) is 5.97. The fourth-order valence-electron chi connectivity index (χ4n) is 6.46. The van der Waals surface area contributed by atoms with Crippen LogP contribution in [-0.4, -0.2) is 123 Å². The van der Waals surface area contributed by atoms with Crippen molar-refractivity contribution in [3.05, 3.63) is 0 Å². The lowest BCUT2D eigenvalue weighted by Gasteiger charge is -2.24. The van der Waals surface area contributed by atoms with Crippen LogP contribution in [0.2, 0.25) is 0 Å². The Morgan fingerprint density at radius 2 is 0.796 bits per heavy atom. The average Bonchev–Trinajstić information content (AvgIpc) is 3.81. The van der Waals surface area contributed by atoms with Gasteiger partial charge in [0.1, 0.15) is 12.1 Å². The van der Waals surface area contributed by atoms with Crippen LogP contribution in [0.15, 0.2) is 0 Å². The number of carbonyl (C=O) groups excluding carboxylic acids is 4. The highest BCUT2D eigenvalue weighted by Crippen LogP contribution is 2.21. The van der Waals surface area contributed by atoms with Crippen LogP contribution in [0.4, 0.5) is 0 Å². The molecule has 0 radical (unpaired) electrons. The SMILES string of the molecule is CC(C)OCCCCCC(=O)N1CCC[C@@H]1C(=O)NCCCCOC(C)C.CC(C)OCCCCCC(=O)N1CCC[C@H]1C(=O)NCCCCOC(C)C. The van der Waals surface area contributed by atoms with Gasteiger partial charge in [-0.3, -0.25) is 19.2 Å². The lowest BCUT2D eigenvalue weighted by Crippen LogP contribution is -2.46. The molecule has 54 heavy (non-hydrogen) atoms. The third-order valence-electron chi connectivity index (χ3n) is 9.37. The number of hydrogen-bond donors (Lipinski definition) is 2. The lowest BCUT2D eigenvalue weighted by atomic mass is 10.1. The topological polar surface area (TPSA) is 136 Å². The molecule has 0 spiro atoms. The highest BCUT2D eigenvalue weighted by molar-refractivity contribution is 5.88. The zero-order chi connectivity index (χ0) is 40.1. The summed E-state index contributed by atoms with van der Waals surface area (Å²) in [6, 6.07) is -0.567. The van der Waals surface area contributed by atoms with E-state index in [1.807, 2.05) is 55.4 Å². The molecule has 0 saturated carbocycles. The standard InChI is InChI=1S/2C21H40N2O4/c2*1-17(2)26-15-8-5-6-12-20(24)23-14-10-11-19(23)21(25)22-13-7-9-16-27-18(3)4/h2*17-19H,5-16H2,1-4H3,(H,22,25)/t2*19-/m10/s1. The molecule has 2 heterocycles. The molecule has 0 aromatic rings. The predicted octanol–water partition coefficient (Wildman–Crippen LogP) is 6.57. The molecule has 2 N–H and O–H groups in total. The number of nitrogens with zero attached hydrogens (tertiary/aromatic N) is 2. The quantitative estimate of drug-likeness (QED) is 0.0855. The van der Waals surface area contributed by atoms with Gasteiger partial charge in [0.15, 0.2) is 0 Å². The van der Waals surface area contributed by atoms with Gasteiger partial charge in [-0.1, -0.05) is 12.8 Å². The maximum Gasteiger partial charge on any atom is 0.242 e. The van der Waals surface area contributed by atoms with Crippen LogP contribution >= 0.6 is 0 Å². The number of likely N-dealkylation sites (tertiary alicyclic amines) is 2. The van der Waals surface area contributed by atoms with Crippen LogP contribution in [0.1, 0.15) is 158 Å². The Kier molecular flexibility index (Phi) is 28.4. The maximum atomic E-state index is 12.5. The van der Waals surface area contributed by atoms with E-state index >= 15 is 0 Å². The Hall–Kier alpha value is -2.28. The minimum Gasteiger partial charge on any atom is -0.379 e. The van der Waals surface area contributed by atoms with E-state index in [2.05, 4.69) is 10.6 Å². The molecule has 12 heteroatoms. The van der Waals surface area contributed by atoms with Gasteiger partial charge in [0.2, 0.25) is 23.6 Å². The van der Waals surface area contributed by atoms with Gasteiger partial charge in [-0.05, 0) is 132 Å². The molecule has 2 fully saturated rings. The van der Waals surface area contributed by atoms with Gasteiger partial charge < -0.3 is 39.4 Å². The Labute approximate surface area is 328 Å². The molecule has 0 aliphatic carbocycles. The van der Waals surface area contributed by atoms with Gasteiger partial charge in [-0.25, -0.2) is 0 Å². The molecule has 2 atom stereocenters. The number of carbonyl (C=O) groups is 4. The fraction of sp³-hybridized carbons (Fsp3) is 0.905. The highest BCUT2D eigenvalue weighted by Gasteiger charge is 2.34. The van der Waals surface area contributed by atoms with Crippen LogP contribution in [0.3, 0.4) is 0 Å². The van der Waals surface area contributed by atoms with Crippen molar-refractivity contribution in [1.82, 2.24) is 20.4 Å². The Balaban J connectivity index is 0.000000540. The lowest BCUT2D eigenvalue weighted by molar-refractivity contribution is -0.138. The minimum absolute atomic E-state index is 0.00374. The molecule has 0 bridgehead atoms. The monoisotopic (exact) mass is 769 g/mol. The molecule has 2 rings (SSSR count). The van der Waals surface area contributed by atoms with E-state index in [4.69, 9.17) is 18.9 Å². The second-order valence-corrected chi connectivity index (χ2v) is 15.8. The van der Waals surface area contributed by atoms with Gasteiger partial charge >= 0.3 is 0 Å². The van der Waals surface area contributed by atoms with Crippen molar-refractivity contribution in [2.75, 3.05) is 52.6 Å². The molecule has 2 aliphatic rings. The number of ether oxygens (including phenoxy) is 4. The number of amides is 4. The van der Waals surface area contributed by atoms with E-state index in [1.165, 1.54) is 0 Å². The number of nitrogens with one attached hydrogen (secondary N) is 2. The van der Waals surface area contributed by atoms with Gasteiger partial charge in [0.25, 0.3) is 0 Å². The number of unbranched alkanes of at least 4 members (excludes halogenated alkanes) is 6. The summed E-state index contributed by atoms with van der Waals surface area (Å²) >= 11 is 0. The van der Waals surface area contributed by atoms with Crippen molar-refractivity contribution in [2.24, 2.45) is 0 Å². The third kappa shape index (κ3) is 24.3. The fourth-order valence-corrected chi connectivity index (χ4v) is 6.46. The van der Waals surface area contributed by atoms with Crippen LogP contribution in [-0.2, 0) is 38.1 Å². The Bertz CT molecular complexity index is 855. The van der Waals surface area contributed by atoms with Crippen molar-refractivity contribution in [2.45, 2.75) is 195 Å². The van der Waals surface area contributed by atoms with Crippen LogP contribution in [0.25, 0.3) is 0 Å². The zero-order valence-electron chi connectivity index (χ0n) is 35.6. The normalized spacial score (nSPS) is 17.1. The molecule has 0 unspecified atom stereocenters. The Morgan fingerprint density at radius 3 is 1.11 bits per heavy atom. The van der Waals surface area contributed by atoms with Gasteiger partial charge in [-0.15, -0.1) is 0 Å². The summed E-state index contributed by atoms with van der Waals surface area (Å²) in [6.45, 7) is 21.9. The van der Waals surface area contributed by atoms with E-state index < -0.39 is 0 Å². The Morgan fingerprint density at radius 1 is 0.481 bits per heavy atom. The van der Waals surface area contributed by atoms with Gasteiger partial charge in [0.05, 0.1) is 24.4 Å². The van der Waals surface area contributed by atoms with Crippen molar-refractivity contribution in [1.29, 1.82) is 0 Å². The number of hydrogen-bond acceptors (Lipinski definition) is 8. The summed E-state index contributed by atoms with van der Waals surface area (Å²) in [5.41, 5.74) is 0.